The minimum absolute atomic E-state index is 0.0152. The van der Waals surface area contributed by atoms with Gasteiger partial charge in [0.2, 0.25) is 5.79 Å². The molecule has 20 heteroatoms. The topological polar surface area (TPSA) is 236 Å². The van der Waals surface area contributed by atoms with Crippen LogP contribution in [0.5, 0.6) is 0 Å². The second-order valence-electron chi connectivity index (χ2n) is 27.8. The SMILES string of the molecule is C=C1C[C@H]2CC[C@]34C[C@@]5(O)O[C@H]6[C@@H](O3)[C@H]3O[C@H](CC[C@H]3O[C@H]6[C@H]5O4)CC(=O)O[C@@H]3[C@H](C)[C@@H]4O[C@@H]5CC6(C[C@H]7O[C@]8(C[C@H](C)[C@@H]9O[C@H]([C@@H](O)C[C@@H](O)CO)C[C@@H]9O8)C[C@H](C)[C@@H]7O6)O[C@@H]5C[C@@H]4O[C@H]3C[C@H]3O[C@H](CC[C@H]1O2)C[C@@H](C)C3=C. The molecule has 20 nitrogen and oxygen atoms in total. The van der Waals surface area contributed by atoms with E-state index in [9.17, 15) is 25.2 Å². The van der Waals surface area contributed by atoms with Gasteiger partial charge in [-0.05, 0) is 73.8 Å². The van der Waals surface area contributed by atoms with Crippen LogP contribution in [-0.2, 0) is 75.8 Å². The fourth-order valence-corrected chi connectivity index (χ4v) is 18.2. The summed E-state index contributed by atoms with van der Waals surface area (Å²) >= 11 is 0. The van der Waals surface area contributed by atoms with Crippen molar-refractivity contribution in [3.63, 3.8) is 0 Å². The van der Waals surface area contributed by atoms with Crippen molar-refractivity contribution < 1.29 is 96.3 Å². The van der Waals surface area contributed by atoms with E-state index in [0.717, 1.165) is 36.8 Å². The molecule has 1 unspecified atom stereocenters. The molecule has 446 valence electrons. The zero-order valence-corrected chi connectivity index (χ0v) is 46.8. The third kappa shape index (κ3) is 9.31. The first-order valence-corrected chi connectivity index (χ1v) is 30.9. The first-order chi connectivity index (χ1) is 38.3. The molecule has 12 bridgehead atoms. The van der Waals surface area contributed by atoms with Crippen LogP contribution in [0.3, 0.4) is 0 Å². The van der Waals surface area contributed by atoms with Gasteiger partial charge in [0.1, 0.15) is 36.6 Å². The Hall–Kier alpha value is -1.77. The number of ether oxygens (including phenoxy) is 15. The zero-order chi connectivity index (χ0) is 54.9. The Morgan fingerprint density at radius 3 is 2.09 bits per heavy atom. The summed E-state index contributed by atoms with van der Waals surface area (Å²) < 4.78 is 103. The third-order valence-corrected chi connectivity index (χ3v) is 22.0. The fourth-order valence-electron chi connectivity index (χ4n) is 18.2. The number of fused-ring (bicyclic) bond motifs is 10. The maximum absolute atomic E-state index is 14.6. The van der Waals surface area contributed by atoms with Crippen molar-refractivity contribution in [3.05, 3.63) is 24.3 Å². The maximum Gasteiger partial charge on any atom is 0.308 e. The van der Waals surface area contributed by atoms with E-state index in [1.54, 1.807) is 0 Å². The first kappa shape index (κ1) is 54.9. The van der Waals surface area contributed by atoms with Crippen LogP contribution in [0.2, 0.25) is 0 Å². The van der Waals surface area contributed by atoms with Crippen LogP contribution < -0.4 is 0 Å². The number of aliphatic hydroxyl groups excluding tert-OH is 3. The summed E-state index contributed by atoms with van der Waals surface area (Å²) in [5.74, 6) is -4.74. The molecular formula is C60H86O20. The Kier molecular flexibility index (Phi) is 13.8. The van der Waals surface area contributed by atoms with Crippen molar-refractivity contribution in [1.82, 2.24) is 0 Å². The molecule has 16 heterocycles. The molecule has 0 aromatic rings. The van der Waals surface area contributed by atoms with E-state index in [0.29, 0.717) is 70.6 Å². The van der Waals surface area contributed by atoms with Gasteiger partial charge < -0.3 is 91.5 Å². The molecule has 0 aromatic carbocycles. The van der Waals surface area contributed by atoms with Crippen LogP contribution in [0.1, 0.15) is 143 Å². The molecule has 16 fully saturated rings. The number of esters is 1. The molecule has 16 aliphatic heterocycles. The molecule has 16 saturated heterocycles. The van der Waals surface area contributed by atoms with Gasteiger partial charge in [-0.15, -0.1) is 0 Å². The van der Waals surface area contributed by atoms with Gasteiger partial charge in [-0.1, -0.05) is 40.9 Å². The first-order valence-electron chi connectivity index (χ1n) is 30.9. The monoisotopic (exact) mass is 1130 g/mol. The van der Waals surface area contributed by atoms with Gasteiger partial charge in [0, 0.05) is 63.7 Å². The fraction of sp³-hybridized carbons (Fsp3) is 0.917. The minimum atomic E-state index is -1.55. The molecular weight excluding hydrogens is 1040 g/mol. The Balaban J connectivity index is 0.658. The average molecular weight is 1130 g/mol. The summed E-state index contributed by atoms with van der Waals surface area (Å²) in [4.78, 5) is 14.6. The third-order valence-electron chi connectivity index (χ3n) is 22.0. The second-order valence-corrected chi connectivity index (χ2v) is 27.8. The number of hydrogen-bond donors (Lipinski definition) is 4. The Morgan fingerprint density at radius 1 is 0.550 bits per heavy atom. The van der Waals surface area contributed by atoms with Crippen molar-refractivity contribution in [2.45, 2.75) is 313 Å². The van der Waals surface area contributed by atoms with Crippen LogP contribution >= 0.6 is 0 Å². The summed E-state index contributed by atoms with van der Waals surface area (Å²) in [7, 11) is 0. The van der Waals surface area contributed by atoms with E-state index in [1.165, 1.54) is 0 Å². The van der Waals surface area contributed by atoms with Crippen LogP contribution in [-0.4, -0.2) is 203 Å². The van der Waals surface area contributed by atoms with Crippen molar-refractivity contribution in [3.8, 4) is 0 Å². The summed E-state index contributed by atoms with van der Waals surface area (Å²) in [5, 5.41) is 42.3. The molecule has 0 amide bonds. The standard InChI is InChI=1S/C60H86O20/c1-26-13-33-7-9-37-27(2)14-35(66-37)11-12-57-25-60(65)56(80-57)55-54(79-60)53(78-57)52-38(70-55)10-8-34(68-52)16-47(64)73-51-31(6)50-43(69-42(51)17-39(67-33)30(26)5)19-41-45(72-50)22-59(74-41)23-46-49(77-59)29(4)21-58(76-46)20-28(3)48-44(75-58)18-40(71-48)36(63)15-32(62)24-61/h26,28-29,31-46,48-56,61-63,65H,2,5,7-25H2,1,3-4,6H3/t26-,28+,29+,31-,32-,33-,34-,35-,36+,37-,38-,39-,40+,41-,42+,43+,44+,45-,46-,48+,49+,50+,51-,52+,53+,54+,55-,56-,57+,58-,59?,60-/m1/s1. The van der Waals surface area contributed by atoms with Gasteiger partial charge in [-0.2, -0.15) is 0 Å². The highest BCUT2D eigenvalue weighted by atomic mass is 16.8. The summed E-state index contributed by atoms with van der Waals surface area (Å²) in [5.41, 5.74) is 2.08. The van der Waals surface area contributed by atoms with Gasteiger partial charge in [-0.25, -0.2) is 0 Å². The normalized spacial score (nSPS) is 57.6. The van der Waals surface area contributed by atoms with E-state index >= 15 is 0 Å². The number of carbonyl (C=O) groups excluding carboxylic acids is 1. The predicted octanol–water partition coefficient (Wildman–Crippen LogP) is 4.25. The van der Waals surface area contributed by atoms with Crippen molar-refractivity contribution in [1.29, 1.82) is 0 Å². The smallest absolute Gasteiger partial charge is 0.308 e. The van der Waals surface area contributed by atoms with E-state index in [-0.39, 0.29) is 122 Å². The van der Waals surface area contributed by atoms with Crippen LogP contribution in [0, 0.1) is 23.7 Å². The van der Waals surface area contributed by atoms with Crippen LogP contribution in [0.25, 0.3) is 0 Å². The van der Waals surface area contributed by atoms with Crippen molar-refractivity contribution >= 4 is 5.97 Å². The second kappa shape index (κ2) is 20.2. The van der Waals surface area contributed by atoms with Crippen LogP contribution in [0.15, 0.2) is 24.3 Å². The molecule has 16 rings (SSSR count). The molecule has 3 spiro atoms. The lowest BCUT2D eigenvalue weighted by Crippen LogP contribution is -2.62. The quantitative estimate of drug-likeness (QED) is 0.228. The van der Waals surface area contributed by atoms with Gasteiger partial charge in [-0.3, -0.25) is 4.79 Å². The molecule has 4 N–H and O–H groups in total. The number of aliphatic hydroxyl groups is 4. The number of hydrogen-bond acceptors (Lipinski definition) is 20. The number of rotatable bonds is 4. The Morgan fingerprint density at radius 2 is 1.25 bits per heavy atom. The molecule has 80 heavy (non-hydrogen) atoms. The maximum atomic E-state index is 14.6. The molecule has 32 atom stereocenters. The number of carbonyl (C=O) groups is 1. The van der Waals surface area contributed by atoms with Gasteiger partial charge in [0.05, 0.1) is 129 Å². The van der Waals surface area contributed by atoms with E-state index in [4.69, 9.17) is 71.1 Å². The van der Waals surface area contributed by atoms with E-state index in [1.807, 2.05) is 0 Å². The molecule has 0 radical (unpaired) electrons. The van der Waals surface area contributed by atoms with Crippen LogP contribution in [0.4, 0.5) is 0 Å². The van der Waals surface area contributed by atoms with Crippen molar-refractivity contribution in [2.75, 3.05) is 6.61 Å². The highest BCUT2D eigenvalue weighted by molar-refractivity contribution is 5.70. The lowest BCUT2D eigenvalue weighted by atomic mass is 9.79. The predicted molar refractivity (Wildman–Crippen MR) is 275 cm³/mol. The minimum Gasteiger partial charge on any atom is -0.459 e. The lowest BCUT2D eigenvalue weighted by Gasteiger charge is -2.50. The highest BCUT2D eigenvalue weighted by Gasteiger charge is 2.75. The van der Waals surface area contributed by atoms with Crippen molar-refractivity contribution in [2.24, 2.45) is 23.7 Å². The molecule has 16 aliphatic rings. The Labute approximate surface area is 468 Å². The average Bonchev–Trinajstić information content (AvgIpc) is 4.40. The largest absolute Gasteiger partial charge is 0.459 e. The summed E-state index contributed by atoms with van der Waals surface area (Å²) in [6, 6.07) is 0. The van der Waals surface area contributed by atoms with E-state index in [2.05, 4.69) is 40.9 Å². The summed E-state index contributed by atoms with van der Waals surface area (Å²) in [6.45, 7) is 17.3. The zero-order valence-electron chi connectivity index (χ0n) is 46.8. The highest BCUT2D eigenvalue weighted by Crippen LogP contribution is 2.59. The Bertz CT molecular complexity index is 2400. The van der Waals surface area contributed by atoms with Gasteiger partial charge in [0.15, 0.2) is 17.4 Å². The van der Waals surface area contributed by atoms with Gasteiger partial charge in [0.25, 0.3) is 0 Å². The molecule has 0 aromatic heterocycles. The van der Waals surface area contributed by atoms with E-state index < -0.39 is 103 Å². The van der Waals surface area contributed by atoms with Gasteiger partial charge >= 0.3 is 5.97 Å². The summed E-state index contributed by atoms with van der Waals surface area (Å²) in [6.07, 6.45) is -0.945. The lowest BCUT2D eigenvalue weighted by molar-refractivity contribution is -0.347. The molecule has 0 aliphatic carbocycles. The molecule has 0 saturated carbocycles.